The Morgan fingerprint density at radius 1 is 1.25 bits per heavy atom. The van der Waals surface area contributed by atoms with Gasteiger partial charge in [-0.05, 0) is 51.2 Å². The molecule has 0 aromatic heterocycles. The van der Waals surface area contributed by atoms with Crippen LogP contribution in [0.5, 0.6) is 0 Å². The molecule has 0 bridgehead atoms. The molecule has 0 fully saturated rings. The fourth-order valence-corrected chi connectivity index (χ4v) is 2.23. The van der Waals surface area contributed by atoms with E-state index in [2.05, 4.69) is 11.9 Å². The summed E-state index contributed by atoms with van der Waals surface area (Å²) in [6, 6.07) is 5.89. The van der Waals surface area contributed by atoms with Crippen molar-refractivity contribution < 1.29 is 14.8 Å². The van der Waals surface area contributed by atoms with Crippen molar-refractivity contribution in [1.82, 2.24) is 0 Å². The van der Waals surface area contributed by atoms with Crippen molar-refractivity contribution in [2.24, 2.45) is 0 Å². The quantitative estimate of drug-likeness (QED) is 0.804. The van der Waals surface area contributed by atoms with Crippen LogP contribution >= 0.6 is 0 Å². The van der Waals surface area contributed by atoms with Gasteiger partial charge in [0.05, 0.1) is 11.2 Å². The predicted molar refractivity (Wildman–Crippen MR) is 82.5 cm³/mol. The maximum absolute atomic E-state index is 10.3. The van der Waals surface area contributed by atoms with Crippen molar-refractivity contribution in [3.63, 3.8) is 0 Å². The van der Waals surface area contributed by atoms with Crippen LogP contribution in [-0.2, 0) is 11.1 Å². The van der Waals surface area contributed by atoms with E-state index >= 15 is 0 Å². The van der Waals surface area contributed by atoms with Gasteiger partial charge < -0.3 is 19.7 Å². The summed E-state index contributed by atoms with van der Waals surface area (Å²) in [5, 5.41) is 20.4. The zero-order valence-electron chi connectivity index (χ0n) is 13.0. The lowest BCUT2D eigenvalue weighted by atomic mass is 9.76. The van der Waals surface area contributed by atoms with Gasteiger partial charge in [-0.3, -0.25) is 0 Å². The highest BCUT2D eigenvalue weighted by atomic mass is 16.5. The summed E-state index contributed by atoms with van der Waals surface area (Å²) in [6.45, 7) is 7.91. The Morgan fingerprint density at radius 2 is 1.90 bits per heavy atom. The number of nitrogens with zero attached hydrogens (tertiary/aromatic N) is 1. The molecule has 0 amide bonds. The van der Waals surface area contributed by atoms with Gasteiger partial charge in [-0.2, -0.15) is 0 Å². The lowest BCUT2D eigenvalue weighted by molar-refractivity contribution is -0.0982. The van der Waals surface area contributed by atoms with Crippen LogP contribution in [0.1, 0.15) is 33.3 Å². The Balaban J connectivity index is 2.17. The Morgan fingerprint density at radius 3 is 2.50 bits per heavy atom. The minimum Gasteiger partial charge on any atom is -0.423 e. The third-order valence-electron chi connectivity index (χ3n) is 4.40. The van der Waals surface area contributed by atoms with Crippen molar-refractivity contribution in [3.8, 4) is 0 Å². The summed E-state index contributed by atoms with van der Waals surface area (Å²) in [6.07, 6.45) is 0.987. The summed E-state index contributed by atoms with van der Waals surface area (Å²) < 4.78 is 5.67. The Hall–Kier alpha value is -1.04. The van der Waals surface area contributed by atoms with Crippen molar-refractivity contribution >= 4 is 18.3 Å². The van der Waals surface area contributed by atoms with Crippen molar-refractivity contribution in [2.45, 2.75) is 45.3 Å². The first-order valence-corrected chi connectivity index (χ1v) is 7.04. The van der Waals surface area contributed by atoms with Gasteiger partial charge in [0.2, 0.25) is 0 Å². The minimum absolute atomic E-state index is 0.733. The van der Waals surface area contributed by atoms with Gasteiger partial charge in [0, 0.05) is 19.3 Å². The maximum atomic E-state index is 10.3. The fourth-order valence-electron chi connectivity index (χ4n) is 2.23. The van der Waals surface area contributed by atoms with Gasteiger partial charge in [0.1, 0.15) is 0 Å². The molecule has 0 saturated heterocycles. The number of likely N-dealkylation sites (N-methyl/N-ethyl adjacent to an activating group) is 1. The van der Waals surface area contributed by atoms with Gasteiger partial charge in [-0.15, -0.1) is 0 Å². The molecule has 0 atom stereocenters. The largest absolute Gasteiger partial charge is 0.491 e. The maximum Gasteiger partial charge on any atom is 0.491 e. The van der Waals surface area contributed by atoms with E-state index in [0.29, 0.717) is 0 Å². The summed E-state index contributed by atoms with van der Waals surface area (Å²) in [4.78, 5) is 2.20. The van der Waals surface area contributed by atoms with Crippen LogP contribution in [0.3, 0.4) is 0 Å². The van der Waals surface area contributed by atoms with Gasteiger partial charge >= 0.3 is 7.12 Å². The van der Waals surface area contributed by atoms with E-state index in [1.807, 2.05) is 18.2 Å². The standard InChI is InChI=1S/C15H24BNO3/c1-14(2,18)15(3,4)20-16(19)12-6-7-13-11(10-12)8-9-17(13)5/h6-7,10,18-19H,8-9H2,1-5H3. The molecule has 1 aliphatic heterocycles. The molecule has 1 aromatic carbocycles. The number of aliphatic hydroxyl groups is 1. The Bertz CT molecular complexity index is 496. The molecule has 110 valence electrons. The molecule has 0 radical (unpaired) electrons. The molecule has 20 heavy (non-hydrogen) atoms. The molecule has 0 spiro atoms. The van der Waals surface area contributed by atoms with Gasteiger partial charge in [0.15, 0.2) is 0 Å². The molecule has 0 saturated carbocycles. The normalized spacial score (nSPS) is 15.4. The predicted octanol–water partition coefficient (Wildman–Crippen LogP) is 0.932. The van der Waals surface area contributed by atoms with Gasteiger partial charge in [0.25, 0.3) is 0 Å². The van der Waals surface area contributed by atoms with Crippen molar-refractivity contribution in [3.05, 3.63) is 23.8 Å². The summed E-state index contributed by atoms with van der Waals surface area (Å²) in [5.74, 6) is 0. The molecule has 0 unspecified atom stereocenters. The topological polar surface area (TPSA) is 52.9 Å². The van der Waals surface area contributed by atoms with Gasteiger partial charge in [-0.25, -0.2) is 0 Å². The third-order valence-corrected chi connectivity index (χ3v) is 4.40. The van der Waals surface area contributed by atoms with Crippen LogP contribution < -0.4 is 10.4 Å². The second-order valence-electron chi connectivity index (χ2n) is 6.60. The van der Waals surface area contributed by atoms with Crippen LogP contribution in [0.25, 0.3) is 0 Å². The van der Waals surface area contributed by atoms with Crippen LogP contribution in [0, 0.1) is 0 Å². The van der Waals surface area contributed by atoms with E-state index in [0.717, 1.165) is 18.4 Å². The van der Waals surface area contributed by atoms with Crippen molar-refractivity contribution in [2.75, 3.05) is 18.5 Å². The lowest BCUT2D eigenvalue weighted by Crippen LogP contribution is -2.53. The van der Waals surface area contributed by atoms with Crippen LogP contribution in [0.4, 0.5) is 5.69 Å². The first-order valence-electron chi connectivity index (χ1n) is 7.04. The average molecular weight is 277 g/mol. The van der Waals surface area contributed by atoms with E-state index < -0.39 is 18.3 Å². The molecule has 2 rings (SSSR count). The number of fused-ring (bicyclic) bond motifs is 1. The summed E-state index contributed by atoms with van der Waals surface area (Å²) in [7, 11) is 1.03. The molecule has 0 aliphatic carbocycles. The third kappa shape index (κ3) is 2.85. The Kier molecular flexibility index (Phi) is 3.89. The zero-order chi connectivity index (χ0) is 15.1. The van der Waals surface area contributed by atoms with Crippen LogP contribution in [0.2, 0.25) is 0 Å². The SMILES string of the molecule is CN1CCc2cc(B(O)OC(C)(C)C(C)(C)O)ccc21. The smallest absolute Gasteiger partial charge is 0.423 e. The molecular weight excluding hydrogens is 253 g/mol. The lowest BCUT2D eigenvalue weighted by Gasteiger charge is -2.38. The van der Waals surface area contributed by atoms with E-state index in [-0.39, 0.29) is 0 Å². The second kappa shape index (κ2) is 5.06. The number of rotatable bonds is 4. The second-order valence-corrected chi connectivity index (χ2v) is 6.60. The fraction of sp³-hybridized carbons (Fsp3) is 0.600. The van der Waals surface area contributed by atoms with Gasteiger partial charge in [-0.1, -0.05) is 12.1 Å². The molecule has 1 aromatic rings. The highest BCUT2D eigenvalue weighted by molar-refractivity contribution is 6.60. The molecule has 4 nitrogen and oxygen atoms in total. The number of benzene rings is 1. The average Bonchev–Trinajstić information content (AvgIpc) is 2.68. The summed E-state index contributed by atoms with van der Waals surface area (Å²) in [5.41, 5.74) is 1.29. The first kappa shape index (κ1) is 15.4. The monoisotopic (exact) mass is 277 g/mol. The zero-order valence-corrected chi connectivity index (χ0v) is 13.0. The van der Waals surface area contributed by atoms with E-state index in [1.54, 1.807) is 27.7 Å². The highest BCUT2D eigenvalue weighted by Crippen LogP contribution is 2.27. The Labute approximate surface area is 121 Å². The highest BCUT2D eigenvalue weighted by Gasteiger charge is 2.39. The summed E-state index contributed by atoms with van der Waals surface area (Å²) >= 11 is 0. The van der Waals surface area contributed by atoms with E-state index in [9.17, 15) is 10.1 Å². The first-order chi connectivity index (χ1) is 9.12. The molecule has 2 N–H and O–H groups in total. The minimum atomic E-state index is -1.04. The van der Waals surface area contributed by atoms with Crippen LogP contribution in [-0.4, -0.2) is 42.0 Å². The molecule has 5 heteroatoms. The molecule has 1 heterocycles. The number of hydrogen-bond acceptors (Lipinski definition) is 4. The number of anilines is 1. The van der Waals surface area contributed by atoms with Crippen LogP contribution in [0.15, 0.2) is 18.2 Å². The molecule has 1 aliphatic rings. The molecular formula is C15H24BNO3. The van der Waals surface area contributed by atoms with Crippen molar-refractivity contribution in [1.29, 1.82) is 0 Å². The number of hydrogen-bond donors (Lipinski definition) is 2. The van der Waals surface area contributed by atoms with E-state index in [1.165, 1.54) is 11.3 Å². The van der Waals surface area contributed by atoms with E-state index in [4.69, 9.17) is 4.65 Å².